The van der Waals surface area contributed by atoms with Crippen molar-refractivity contribution in [1.29, 1.82) is 0 Å². The summed E-state index contributed by atoms with van der Waals surface area (Å²) in [5, 5.41) is 19.0. The predicted molar refractivity (Wildman–Crippen MR) is 85.4 cm³/mol. The zero-order valence-corrected chi connectivity index (χ0v) is 12.9. The minimum absolute atomic E-state index is 0.0788. The molecule has 2 aromatic carbocycles. The third-order valence-electron chi connectivity index (χ3n) is 4.04. The Morgan fingerprint density at radius 1 is 1.12 bits per heavy atom. The largest absolute Gasteiger partial charge is 0.508 e. The molecular formula is C18H17NO5. The third-order valence-corrected chi connectivity index (χ3v) is 4.04. The normalized spacial score (nSPS) is 16.3. The minimum atomic E-state index is -1.08. The molecule has 3 rings (SSSR count). The van der Waals surface area contributed by atoms with E-state index >= 15 is 0 Å². The average Bonchev–Trinajstić information content (AvgIpc) is 2.59. The Balaban J connectivity index is 1.76. The summed E-state index contributed by atoms with van der Waals surface area (Å²) in [5.41, 5.74) is 2.37. The Morgan fingerprint density at radius 3 is 2.58 bits per heavy atom. The molecule has 24 heavy (non-hydrogen) atoms. The molecule has 0 aromatic heterocycles. The second kappa shape index (κ2) is 6.62. The summed E-state index contributed by atoms with van der Waals surface area (Å²) < 4.78 is 5.25. The van der Waals surface area contributed by atoms with Crippen LogP contribution in [0.15, 0.2) is 48.5 Å². The maximum atomic E-state index is 12.4. The predicted octanol–water partition coefficient (Wildman–Crippen LogP) is 2.54. The van der Waals surface area contributed by atoms with Gasteiger partial charge in [0.05, 0.1) is 6.54 Å². The number of phenols is 1. The molecule has 6 nitrogen and oxygen atoms in total. The fourth-order valence-electron chi connectivity index (χ4n) is 2.79. The van der Waals surface area contributed by atoms with Crippen LogP contribution in [0.5, 0.6) is 5.75 Å². The van der Waals surface area contributed by atoms with Crippen molar-refractivity contribution in [3.05, 3.63) is 65.2 Å². The second-order valence-corrected chi connectivity index (χ2v) is 5.68. The van der Waals surface area contributed by atoms with Crippen LogP contribution >= 0.6 is 0 Å². The number of carbonyl (C=O) groups excluding carboxylic acids is 1. The van der Waals surface area contributed by atoms with Crippen molar-refractivity contribution in [2.45, 2.75) is 25.6 Å². The maximum absolute atomic E-state index is 12.4. The van der Waals surface area contributed by atoms with Crippen molar-refractivity contribution >= 4 is 12.1 Å². The summed E-state index contributed by atoms with van der Waals surface area (Å²) in [4.78, 5) is 25.1. The van der Waals surface area contributed by atoms with Crippen LogP contribution in [-0.2, 0) is 29.1 Å². The summed E-state index contributed by atoms with van der Waals surface area (Å²) >= 11 is 0. The fraction of sp³-hybridized carbons (Fsp3) is 0.222. The van der Waals surface area contributed by atoms with Gasteiger partial charge in [0.15, 0.2) is 0 Å². The van der Waals surface area contributed by atoms with E-state index in [0.29, 0.717) is 0 Å². The Kier molecular flexibility index (Phi) is 4.37. The van der Waals surface area contributed by atoms with Crippen LogP contribution in [0.2, 0.25) is 0 Å². The Labute approximate surface area is 138 Å². The van der Waals surface area contributed by atoms with Gasteiger partial charge in [-0.3, -0.25) is 4.90 Å². The van der Waals surface area contributed by atoms with Gasteiger partial charge in [0, 0.05) is 6.42 Å². The number of carboxylic acid groups (broad SMARTS) is 1. The first-order valence-electron chi connectivity index (χ1n) is 7.55. The monoisotopic (exact) mass is 327 g/mol. The van der Waals surface area contributed by atoms with Crippen molar-refractivity contribution in [2.24, 2.45) is 0 Å². The fourth-order valence-corrected chi connectivity index (χ4v) is 2.79. The van der Waals surface area contributed by atoms with Gasteiger partial charge in [0.2, 0.25) is 0 Å². The second-order valence-electron chi connectivity index (χ2n) is 5.68. The van der Waals surface area contributed by atoms with Gasteiger partial charge in [-0.1, -0.05) is 36.4 Å². The number of phenolic OH excluding ortho intramolecular Hbond substituents is 1. The summed E-state index contributed by atoms with van der Waals surface area (Å²) in [6.45, 7) is 0.170. The van der Waals surface area contributed by atoms with Gasteiger partial charge in [0.1, 0.15) is 18.4 Å². The number of aromatic hydroxyl groups is 1. The van der Waals surface area contributed by atoms with Crippen molar-refractivity contribution in [3.63, 3.8) is 0 Å². The van der Waals surface area contributed by atoms with E-state index in [9.17, 15) is 19.8 Å². The topological polar surface area (TPSA) is 87.1 Å². The number of hydrogen-bond acceptors (Lipinski definition) is 4. The van der Waals surface area contributed by atoms with Crippen LogP contribution < -0.4 is 0 Å². The van der Waals surface area contributed by atoms with E-state index in [1.807, 2.05) is 30.3 Å². The molecule has 0 unspecified atom stereocenters. The molecule has 1 amide bonds. The number of carbonyl (C=O) groups is 2. The number of ether oxygens (including phenoxy) is 1. The Hall–Kier alpha value is -3.02. The van der Waals surface area contributed by atoms with E-state index in [2.05, 4.69) is 0 Å². The summed E-state index contributed by atoms with van der Waals surface area (Å²) in [7, 11) is 0. The number of aliphatic carboxylic acids is 1. The molecule has 1 heterocycles. The number of carboxylic acids is 1. The number of hydrogen-bond donors (Lipinski definition) is 2. The molecule has 1 aliphatic rings. The van der Waals surface area contributed by atoms with Gasteiger partial charge in [-0.15, -0.1) is 0 Å². The number of nitrogens with zero attached hydrogens (tertiary/aromatic N) is 1. The smallest absolute Gasteiger partial charge is 0.411 e. The molecule has 0 radical (unpaired) electrons. The highest BCUT2D eigenvalue weighted by atomic mass is 16.6. The highest BCUT2D eigenvalue weighted by molar-refractivity contribution is 5.81. The molecule has 0 aliphatic carbocycles. The molecule has 6 heteroatoms. The van der Waals surface area contributed by atoms with E-state index < -0.39 is 18.1 Å². The third kappa shape index (κ3) is 3.32. The van der Waals surface area contributed by atoms with Crippen molar-refractivity contribution in [3.8, 4) is 5.75 Å². The van der Waals surface area contributed by atoms with Gasteiger partial charge in [0.25, 0.3) is 0 Å². The maximum Gasteiger partial charge on any atom is 0.411 e. The zero-order chi connectivity index (χ0) is 17.1. The molecule has 0 saturated heterocycles. The van der Waals surface area contributed by atoms with Crippen LogP contribution in [0.3, 0.4) is 0 Å². The van der Waals surface area contributed by atoms with E-state index in [-0.39, 0.29) is 25.3 Å². The van der Waals surface area contributed by atoms with Gasteiger partial charge >= 0.3 is 12.1 Å². The SMILES string of the molecule is O=C(O)[C@@H]1Cc2ccc(O)cc2CN1C(=O)OCc1ccccc1. The first kappa shape index (κ1) is 15.9. The van der Waals surface area contributed by atoms with Crippen LogP contribution in [0, 0.1) is 0 Å². The van der Waals surface area contributed by atoms with Crippen molar-refractivity contribution in [2.75, 3.05) is 0 Å². The van der Waals surface area contributed by atoms with E-state index in [4.69, 9.17) is 4.74 Å². The number of rotatable bonds is 3. The highest BCUT2D eigenvalue weighted by Crippen LogP contribution is 2.27. The van der Waals surface area contributed by atoms with Crippen LogP contribution in [0.1, 0.15) is 16.7 Å². The number of benzene rings is 2. The molecule has 2 N–H and O–H groups in total. The van der Waals surface area contributed by atoms with Crippen LogP contribution in [0.25, 0.3) is 0 Å². The summed E-state index contributed by atoms with van der Waals surface area (Å²) in [6.07, 6.45) is -0.494. The van der Waals surface area contributed by atoms with Crippen LogP contribution in [0.4, 0.5) is 4.79 Å². The first-order valence-corrected chi connectivity index (χ1v) is 7.55. The van der Waals surface area contributed by atoms with Gasteiger partial charge in [-0.05, 0) is 28.8 Å². The minimum Gasteiger partial charge on any atom is -0.508 e. The molecule has 1 atom stereocenters. The summed E-state index contributed by atoms with van der Waals surface area (Å²) in [6, 6.07) is 13.0. The van der Waals surface area contributed by atoms with Crippen molar-refractivity contribution in [1.82, 2.24) is 4.90 Å². The quantitative estimate of drug-likeness (QED) is 0.904. The van der Waals surface area contributed by atoms with E-state index in [0.717, 1.165) is 16.7 Å². The standard InChI is InChI=1S/C18H17NO5/c20-15-7-6-13-9-16(17(21)22)19(10-14(13)8-15)18(23)24-11-12-4-2-1-3-5-12/h1-8,16,20H,9-11H2,(H,21,22)/t16-/m0/s1. The molecule has 0 fully saturated rings. The average molecular weight is 327 g/mol. The summed E-state index contributed by atoms with van der Waals surface area (Å²) in [5.74, 6) is -0.995. The molecule has 0 bridgehead atoms. The van der Waals surface area contributed by atoms with E-state index in [1.54, 1.807) is 12.1 Å². The van der Waals surface area contributed by atoms with Crippen molar-refractivity contribution < 1.29 is 24.5 Å². The molecule has 124 valence electrons. The van der Waals surface area contributed by atoms with Gasteiger partial charge < -0.3 is 14.9 Å². The lowest BCUT2D eigenvalue weighted by atomic mass is 9.94. The Morgan fingerprint density at radius 2 is 1.88 bits per heavy atom. The number of fused-ring (bicyclic) bond motifs is 1. The highest BCUT2D eigenvalue weighted by Gasteiger charge is 2.35. The van der Waals surface area contributed by atoms with Gasteiger partial charge in [-0.25, -0.2) is 9.59 Å². The lowest BCUT2D eigenvalue weighted by Crippen LogP contribution is -2.48. The molecule has 1 aliphatic heterocycles. The number of amides is 1. The molecule has 0 saturated carbocycles. The Bertz CT molecular complexity index is 759. The molecule has 2 aromatic rings. The molecule has 0 spiro atoms. The van der Waals surface area contributed by atoms with Crippen LogP contribution in [-0.4, -0.2) is 33.2 Å². The van der Waals surface area contributed by atoms with Gasteiger partial charge in [-0.2, -0.15) is 0 Å². The zero-order valence-electron chi connectivity index (χ0n) is 12.9. The van der Waals surface area contributed by atoms with E-state index in [1.165, 1.54) is 11.0 Å². The lowest BCUT2D eigenvalue weighted by Gasteiger charge is -2.33. The first-order chi connectivity index (χ1) is 11.5. The lowest BCUT2D eigenvalue weighted by molar-refractivity contribution is -0.143. The molecular weight excluding hydrogens is 310 g/mol.